The SMILES string of the molecule is C=CCc1cc(/C=C2\C(=O)NC(=O)N(c3ccc([N+](=O)[O-])cc3)C2=O)cc(OCC)c1OCc1ccc(Br)cc1. The van der Waals surface area contributed by atoms with Crippen LogP contribution in [0, 0.1) is 10.1 Å². The second-order valence-corrected chi connectivity index (χ2v) is 9.50. The second-order valence-electron chi connectivity index (χ2n) is 8.58. The number of halogens is 1. The molecule has 4 amide bonds. The van der Waals surface area contributed by atoms with Gasteiger partial charge in [-0.2, -0.15) is 0 Å². The van der Waals surface area contributed by atoms with E-state index in [1.165, 1.54) is 30.3 Å². The number of benzene rings is 3. The summed E-state index contributed by atoms with van der Waals surface area (Å²) in [5.74, 6) is -0.819. The Labute approximate surface area is 238 Å². The molecule has 10 nitrogen and oxygen atoms in total. The van der Waals surface area contributed by atoms with E-state index in [0.717, 1.165) is 20.5 Å². The van der Waals surface area contributed by atoms with Gasteiger partial charge < -0.3 is 9.47 Å². The number of rotatable bonds is 10. The molecule has 0 atom stereocenters. The minimum absolute atomic E-state index is 0.0746. The molecule has 0 spiro atoms. The van der Waals surface area contributed by atoms with Crippen molar-refractivity contribution in [2.45, 2.75) is 20.0 Å². The molecular weight excluding hydrogens is 582 g/mol. The molecule has 3 aromatic rings. The Morgan fingerprint density at radius 2 is 1.75 bits per heavy atom. The highest BCUT2D eigenvalue weighted by Gasteiger charge is 2.37. The van der Waals surface area contributed by atoms with Crippen molar-refractivity contribution in [2.75, 3.05) is 11.5 Å². The highest BCUT2D eigenvalue weighted by molar-refractivity contribution is 9.10. The number of nitro benzene ring substituents is 1. The Morgan fingerprint density at radius 3 is 2.38 bits per heavy atom. The Morgan fingerprint density at radius 1 is 1.05 bits per heavy atom. The maximum absolute atomic E-state index is 13.3. The Hall–Kier alpha value is -4.77. The van der Waals surface area contributed by atoms with Crippen LogP contribution in [0.3, 0.4) is 0 Å². The van der Waals surface area contributed by atoms with Crippen molar-refractivity contribution < 1.29 is 28.8 Å². The highest BCUT2D eigenvalue weighted by Crippen LogP contribution is 2.36. The summed E-state index contributed by atoms with van der Waals surface area (Å²) in [5, 5.41) is 13.1. The number of ether oxygens (including phenoxy) is 2. The average molecular weight is 606 g/mol. The molecule has 204 valence electrons. The lowest BCUT2D eigenvalue weighted by atomic mass is 10.0. The molecule has 0 radical (unpaired) electrons. The van der Waals surface area contributed by atoms with Gasteiger partial charge >= 0.3 is 6.03 Å². The zero-order chi connectivity index (χ0) is 28.8. The van der Waals surface area contributed by atoms with Gasteiger partial charge in [0.25, 0.3) is 17.5 Å². The zero-order valence-electron chi connectivity index (χ0n) is 21.4. The van der Waals surface area contributed by atoms with Crippen molar-refractivity contribution in [3.63, 3.8) is 0 Å². The molecule has 0 saturated carbocycles. The highest BCUT2D eigenvalue weighted by atomic mass is 79.9. The lowest BCUT2D eigenvalue weighted by Gasteiger charge is -2.26. The van der Waals surface area contributed by atoms with Gasteiger partial charge in [-0.05, 0) is 66.9 Å². The number of nitro groups is 1. The predicted octanol–water partition coefficient (Wildman–Crippen LogP) is 5.73. The first-order valence-corrected chi connectivity index (χ1v) is 12.9. The van der Waals surface area contributed by atoms with E-state index in [1.54, 1.807) is 18.2 Å². The summed E-state index contributed by atoms with van der Waals surface area (Å²) in [5.41, 5.74) is 1.70. The molecule has 0 unspecified atom stereocenters. The summed E-state index contributed by atoms with van der Waals surface area (Å²) >= 11 is 3.42. The number of non-ortho nitro benzene ring substituents is 1. The minimum Gasteiger partial charge on any atom is -0.490 e. The van der Waals surface area contributed by atoms with Gasteiger partial charge in [-0.3, -0.25) is 25.0 Å². The molecule has 0 bridgehead atoms. The fraction of sp³-hybridized carbons (Fsp3) is 0.138. The molecular formula is C29H24BrN3O7. The van der Waals surface area contributed by atoms with Crippen molar-refractivity contribution >= 4 is 51.2 Å². The second kappa shape index (κ2) is 12.4. The normalized spacial score (nSPS) is 14.2. The molecule has 0 aromatic heterocycles. The zero-order valence-corrected chi connectivity index (χ0v) is 23.0. The van der Waals surface area contributed by atoms with E-state index in [9.17, 15) is 24.5 Å². The quantitative estimate of drug-likeness (QED) is 0.103. The first-order valence-electron chi connectivity index (χ1n) is 12.2. The predicted molar refractivity (Wildman–Crippen MR) is 152 cm³/mol. The van der Waals surface area contributed by atoms with Gasteiger partial charge in [-0.25, -0.2) is 9.69 Å². The van der Waals surface area contributed by atoms with Gasteiger partial charge in [0, 0.05) is 22.2 Å². The van der Waals surface area contributed by atoms with Gasteiger partial charge in [0.05, 0.1) is 17.2 Å². The number of amides is 4. The molecule has 40 heavy (non-hydrogen) atoms. The number of urea groups is 1. The van der Waals surface area contributed by atoms with E-state index in [0.29, 0.717) is 30.1 Å². The van der Waals surface area contributed by atoms with E-state index >= 15 is 0 Å². The van der Waals surface area contributed by atoms with E-state index < -0.39 is 22.8 Å². The molecule has 4 rings (SSSR count). The number of anilines is 1. The monoisotopic (exact) mass is 605 g/mol. The molecule has 11 heteroatoms. The van der Waals surface area contributed by atoms with E-state index in [-0.39, 0.29) is 23.6 Å². The number of hydrogen-bond acceptors (Lipinski definition) is 7. The minimum atomic E-state index is -0.958. The Balaban J connectivity index is 1.70. The first-order chi connectivity index (χ1) is 19.2. The molecule has 1 heterocycles. The van der Waals surface area contributed by atoms with E-state index in [4.69, 9.17) is 9.47 Å². The summed E-state index contributed by atoms with van der Waals surface area (Å²) < 4.78 is 12.9. The van der Waals surface area contributed by atoms with Crippen molar-refractivity contribution in [1.82, 2.24) is 5.32 Å². The smallest absolute Gasteiger partial charge is 0.335 e. The third-order valence-electron chi connectivity index (χ3n) is 5.85. The van der Waals surface area contributed by atoms with Crippen LogP contribution < -0.4 is 19.7 Å². The van der Waals surface area contributed by atoms with Gasteiger partial charge in [0.1, 0.15) is 12.2 Å². The summed E-state index contributed by atoms with van der Waals surface area (Å²) in [6.07, 6.45) is 3.47. The number of carbonyl (C=O) groups excluding carboxylic acids is 3. The van der Waals surface area contributed by atoms with Crippen molar-refractivity contribution in [1.29, 1.82) is 0 Å². The van der Waals surface area contributed by atoms with Crippen molar-refractivity contribution in [3.8, 4) is 11.5 Å². The van der Waals surface area contributed by atoms with Crippen LogP contribution in [0.15, 0.2) is 83.4 Å². The third kappa shape index (κ3) is 6.26. The maximum atomic E-state index is 13.3. The number of carbonyl (C=O) groups is 3. The molecule has 1 N–H and O–H groups in total. The first kappa shape index (κ1) is 28.2. The van der Waals surface area contributed by atoms with E-state index in [2.05, 4.69) is 27.8 Å². The molecule has 1 fully saturated rings. The van der Waals surface area contributed by atoms with Crippen LogP contribution in [0.2, 0.25) is 0 Å². The van der Waals surface area contributed by atoms with Crippen LogP contribution in [0.4, 0.5) is 16.2 Å². The summed E-state index contributed by atoms with van der Waals surface area (Å²) in [6.45, 7) is 6.26. The average Bonchev–Trinajstić information content (AvgIpc) is 2.92. The standard InChI is InChI=1S/C29H24BrN3O7/c1-3-5-20-14-19(16-25(39-4-2)26(20)40-17-18-6-8-21(30)9-7-18)15-24-27(34)31-29(36)32(28(24)35)22-10-12-23(13-11-22)33(37)38/h3,6-16H,1,4-5,17H2,2H3,(H,31,34,36)/b24-15+. The van der Waals surface area contributed by atoms with Crippen LogP contribution >= 0.6 is 15.9 Å². The fourth-order valence-electron chi connectivity index (χ4n) is 4.02. The van der Waals surface area contributed by atoms with E-state index in [1.807, 2.05) is 31.2 Å². The van der Waals surface area contributed by atoms with Crippen molar-refractivity contribution in [3.05, 3.63) is 110 Å². The lowest BCUT2D eigenvalue weighted by molar-refractivity contribution is -0.384. The van der Waals surface area contributed by atoms with Crippen molar-refractivity contribution in [2.24, 2.45) is 0 Å². The molecule has 1 aliphatic heterocycles. The number of hydrogen-bond donors (Lipinski definition) is 1. The maximum Gasteiger partial charge on any atom is 0.335 e. The Kier molecular flexibility index (Phi) is 8.75. The molecule has 0 aliphatic carbocycles. The summed E-state index contributed by atoms with van der Waals surface area (Å²) in [7, 11) is 0. The van der Waals surface area contributed by atoms with Crippen LogP contribution in [0.25, 0.3) is 6.08 Å². The number of imide groups is 2. The Bertz CT molecular complexity index is 1520. The summed E-state index contributed by atoms with van der Waals surface area (Å²) in [6, 6.07) is 15.0. The van der Waals surface area contributed by atoms with Gasteiger partial charge in [0.2, 0.25) is 0 Å². The number of nitrogens with one attached hydrogen (secondary N) is 1. The van der Waals surface area contributed by atoms with Crippen LogP contribution in [-0.4, -0.2) is 29.4 Å². The van der Waals surface area contributed by atoms with Crippen LogP contribution in [0.5, 0.6) is 11.5 Å². The molecule has 3 aromatic carbocycles. The number of nitrogens with zero attached hydrogens (tertiary/aromatic N) is 2. The number of allylic oxidation sites excluding steroid dienone is 1. The largest absolute Gasteiger partial charge is 0.490 e. The fourth-order valence-corrected chi connectivity index (χ4v) is 4.28. The van der Waals surface area contributed by atoms with Crippen LogP contribution in [0.1, 0.15) is 23.6 Å². The topological polar surface area (TPSA) is 128 Å². The number of barbiturate groups is 1. The van der Waals surface area contributed by atoms with Crippen LogP contribution in [-0.2, 0) is 22.6 Å². The van der Waals surface area contributed by atoms with Gasteiger partial charge in [0.15, 0.2) is 11.5 Å². The summed E-state index contributed by atoms with van der Waals surface area (Å²) in [4.78, 5) is 49.7. The third-order valence-corrected chi connectivity index (χ3v) is 6.37. The lowest BCUT2D eigenvalue weighted by Crippen LogP contribution is -2.54. The van der Waals surface area contributed by atoms with Gasteiger partial charge in [-0.1, -0.05) is 34.1 Å². The van der Waals surface area contributed by atoms with Gasteiger partial charge in [-0.15, -0.1) is 6.58 Å². The molecule has 1 aliphatic rings. The molecule has 1 saturated heterocycles.